The third-order valence-corrected chi connectivity index (χ3v) is 20.0. The van der Waals surface area contributed by atoms with Crippen LogP contribution in [0, 0.1) is 0 Å². The van der Waals surface area contributed by atoms with Crippen LogP contribution in [0.5, 0.6) is 0 Å². The topological polar surface area (TPSA) is 9.72 Å². The molecule has 400 valence electrons. The standard InChI is InChI=1S/C75H82BN3/c1-69(2,3)48-28-33-52(34-29-48)77(53-35-30-49(31-36-53)70(4,5)6)54-43-65-67-66(44-54)79-68-60(74(15)38-22-23-39-75(74,79)16)41-51(72(10,11)12)42-62(68)76(67)61-45-57-55-26-20-21-27-58(55)73(13,14)59(57)46-64(61)78(65)63-37-32-50(71(7,8)9)40-56(63)47-24-18-17-19-25-47/h17-21,24-37,40-46H,22-23,38-39H2,1-16H3. The van der Waals surface area contributed by atoms with Crippen LogP contribution in [0.2, 0.25) is 0 Å². The number of rotatable bonds is 5. The van der Waals surface area contributed by atoms with Crippen molar-refractivity contribution in [2.45, 2.75) is 174 Å². The van der Waals surface area contributed by atoms with Gasteiger partial charge >= 0.3 is 0 Å². The van der Waals surface area contributed by atoms with E-state index < -0.39 is 0 Å². The average molecular weight is 1040 g/mol. The van der Waals surface area contributed by atoms with Gasteiger partial charge in [0.2, 0.25) is 0 Å². The first-order valence-corrected chi connectivity index (χ1v) is 29.7. The lowest BCUT2D eigenvalue weighted by Crippen LogP contribution is -2.64. The predicted molar refractivity (Wildman–Crippen MR) is 341 cm³/mol. The number of nitrogens with zero attached hydrogens (tertiary/aromatic N) is 3. The van der Waals surface area contributed by atoms with Crippen molar-refractivity contribution in [2.75, 3.05) is 14.7 Å². The minimum Gasteiger partial charge on any atom is -0.335 e. The van der Waals surface area contributed by atoms with Crippen molar-refractivity contribution >= 4 is 68.6 Å². The molecular formula is C75H82BN3. The van der Waals surface area contributed by atoms with Crippen LogP contribution in [0.15, 0.2) is 158 Å². The minimum atomic E-state index is -0.205. The normalized spacial score (nSPS) is 19.6. The van der Waals surface area contributed by atoms with Gasteiger partial charge < -0.3 is 14.7 Å². The van der Waals surface area contributed by atoms with Crippen LogP contribution in [-0.2, 0) is 32.5 Å². The Balaban J connectivity index is 1.20. The first-order chi connectivity index (χ1) is 37.2. The number of hydrogen-bond acceptors (Lipinski definition) is 3. The van der Waals surface area contributed by atoms with E-state index in [-0.39, 0.29) is 44.7 Å². The third-order valence-electron chi connectivity index (χ3n) is 20.0. The quantitative estimate of drug-likeness (QED) is 0.159. The van der Waals surface area contributed by atoms with Crippen LogP contribution in [0.4, 0.5) is 45.5 Å². The fraction of sp³-hybridized carbons (Fsp3) is 0.360. The summed E-state index contributed by atoms with van der Waals surface area (Å²) >= 11 is 0. The van der Waals surface area contributed by atoms with Crippen LogP contribution < -0.4 is 31.1 Å². The summed E-state index contributed by atoms with van der Waals surface area (Å²) in [5.41, 5.74) is 28.7. The summed E-state index contributed by atoms with van der Waals surface area (Å²) in [4.78, 5) is 8.24. The molecule has 1 saturated carbocycles. The van der Waals surface area contributed by atoms with Gasteiger partial charge in [-0.3, -0.25) is 0 Å². The largest absolute Gasteiger partial charge is 0.335 e. The monoisotopic (exact) mass is 1040 g/mol. The summed E-state index contributed by atoms with van der Waals surface area (Å²) < 4.78 is 0. The lowest BCUT2D eigenvalue weighted by atomic mass is 9.33. The molecule has 0 aromatic heterocycles. The minimum absolute atomic E-state index is 0.0154. The maximum Gasteiger partial charge on any atom is 0.252 e. The summed E-state index contributed by atoms with van der Waals surface area (Å²) in [5, 5.41) is 0. The highest BCUT2D eigenvalue weighted by molar-refractivity contribution is 7.00. The Hall–Kier alpha value is -6.78. The summed E-state index contributed by atoms with van der Waals surface area (Å²) in [5.74, 6) is 0. The Bertz CT molecular complexity index is 3720. The van der Waals surface area contributed by atoms with Crippen molar-refractivity contribution in [3.63, 3.8) is 0 Å². The Kier molecular flexibility index (Phi) is 11.2. The highest BCUT2D eigenvalue weighted by Crippen LogP contribution is 2.63. The average Bonchev–Trinajstić information content (AvgIpc) is 2.59. The number of fused-ring (bicyclic) bond motifs is 10. The fourth-order valence-corrected chi connectivity index (χ4v) is 15.1. The van der Waals surface area contributed by atoms with Gasteiger partial charge in [-0.1, -0.05) is 220 Å². The van der Waals surface area contributed by atoms with Gasteiger partial charge in [-0.25, -0.2) is 0 Å². The summed E-state index contributed by atoms with van der Waals surface area (Å²) in [6.07, 6.45) is 4.75. The van der Waals surface area contributed by atoms with Crippen molar-refractivity contribution in [1.29, 1.82) is 0 Å². The number of benzene rings is 8. The van der Waals surface area contributed by atoms with Gasteiger partial charge in [0.1, 0.15) is 0 Å². The van der Waals surface area contributed by atoms with Gasteiger partial charge in [-0.05, 0) is 168 Å². The molecule has 0 spiro atoms. The van der Waals surface area contributed by atoms with E-state index in [0.29, 0.717) is 0 Å². The molecule has 0 radical (unpaired) electrons. The molecule has 3 heterocycles. The zero-order valence-electron chi connectivity index (χ0n) is 50.3. The Morgan fingerprint density at radius 1 is 0.418 bits per heavy atom. The van der Waals surface area contributed by atoms with Crippen molar-refractivity contribution < 1.29 is 0 Å². The molecule has 8 aromatic carbocycles. The number of anilines is 8. The van der Waals surface area contributed by atoms with E-state index in [1.807, 2.05) is 0 Å². The van der Waals surface area contributed by atoms with Crippen molar-refractivity contribution in [2.24, 2.45) is 0 Å². The molecule has 0 bridgehead atoms. The van der Waals surface area contributed by atoms with E-state index in [2.05, 4.69) is 283 Å². The molecule has 8 aromatic rings. The molecule has 13 rings (SSSR count). The van der Waals surface area contributed by atoms with Crippen LogP contribution in [0.3, 0.4) is 0 Å². The molecule has 2 aliphatic carbocycles. The van der Waals surface area contributed by atoms with E-state index in [0.717, 1.165) is 17.8 Å². The first kappa shape index (κ1) is 51.6. The summed E-state index contributed by atoms with van der Waals surface area (Å²) in [6.45, 7) is 38.4. The maximum absolute atomic E-state index is 2.93. The van der Waals surface area contributed by atoms with Gasteiger partial charge in [-0.2, -0.15) is 0 Å². The van der Waals surface area contributed by atoms with Crippen LogP contribution >= 0.6 is 0 Å². The molecule has 5 aliphatic rings. The Labute approximate surface area is 474 Å². The van der Waals surface area contributed by atoms with Crippen LogP contribution in [0.1, 0.15) is 175 Å². The highest BCUT2D eigenvalue weighted by atomic mass is 15.3. The summed E-state index contributed by atoms with van der Waals surface area (Å²) in [7, 11) is 0. The molecule has 3 nitrogen and oxygen atoms in total. The van der Waals surface area contributed by atoms with Crippen LogP contribution in [-0.4, -0.2) is 12.3 Å². The van der Waals surface area contributed by atoms with Gasteiger partial charge in [0, 0.05) is 50.5 Å². The SMILES string of the molecule is CC(C)(C)c1ccc(N(c2ccc(C(C)(C)C)cc2)c2cc3c4c(c2)N2c5c(cc(C(C)(C)C)cc5C5(C)CCCCC25C)B4c2cc4c(cc2N3c2ccc(C(C)(C)C)cc2-c2ccccc2)C(C)(C)c2ccccc2-4)cc1. The summed E-state index contributed by atoms with van der Waals surface area (Å²) in [6, 6.07) is 62.7. The second kappa shape index (κ2) is 17.1. The lowest BCUT2D eigenvalue weighted by Gasteiger charge is -2.53. The second-order valence-corrected chi connectivity index (χ2v) is 29.4. The zero-order valence-corrected chi connectivity index (χ0v) is 50.3. The van der Waals surface area contributed by atoms with Gasteiger partial charge in [-0.15, -0.1) is 0 Å². The van der Waals surface area contributed by atoms with E-state index in [1.54, 1.807) is 5.56 Å². The predicted octanol–water partition coefficient (Wildman–Crippen LogP) is 18.7. The fourth-order valence-electron chi connectivity index (χ4n) is 15.1. The molecular weight excluding hydrogens is 954 g/mol. The van der Waals surface area contributed by atoms with Crippen molar-refractivity contribution in [3.8, 4) is 22.3 Å². The molecule has 2 atom stereocenters. The third kappa shape index (κ3) is 7.65. The van der Waals surface area contributed by atoms with Gasteiger partial charge in [0.25, 0.3) is 6.71 Å². The van der Waals surface area contributed by atoms with Crippen molar-refractivity contribution in [1.82, 2.24) is 0 Å². The van der Waals surface area contributed by atoms with Crippen LogP contribution in [0.25, 0.3) is 22.3 Å². The first-order valence-electron chi connectivity index (χ1n) is 29.7. The molecule has 3 aliphatic heterocycles. The second-order valence-electron chi connectivity index (χ2n) is 29.4. The molecule has 0 N–H and O–H groups in total. The molecule has 0 amide bonds. The Morgan fingerprint density at radius 3 is 1.61 bits per heavy atom. The molecule has 1 fully saturated rings. The molecule has 0 saturated heterocycles. The maximum atomic E-state index is 2.93. The lowest BCUT2D eigenvalue weighted by molar-refractivity contribution is 0.195. The van der Waals surface area contributed by atoms with Crippen molar-refractivity contribution in [3.05, 3.63) is 197 Å². The van der Waals surface area contributed by atoms with E-state index in [4.69, 9.17) is 0 Å². The molecule has 4 heteroatoms. The number of hydrogen-bond donors (Lipinski definition) is 0. The van der Waals surface area contributed by atoms with E-state index in [1.165, 1.54) is 125 Å². The molecule has 2 unspecified atom stereocenters. The van der Waals surface area contributed by atoms with E-state index >= 15 is 0 Å². The molecule has 79 heavy (non-hydrogen) atoms. The zero-order chi connectivity index (χ0) is 55.7. The van der Waals surface area contributed by atoms with Gasteiger partial charge in [0.05, 0.1) is 16.9 Å². The Morgan fingerprint density at radius 2 is 0.987 bits per heavy atom. The van der Waals surface area contributed by atoms with Gasteiger partial charge in [0.15, 0.2) is 0 Å². The smallest absolute Gasteiger partial charge is 0.252 e. The highest BCUT2D eigenvalue weighted by Gasteiger charge is 2.62. The van der Waals surface area contributed by atoms with E-state index in [9.17, 15) is 0 Å².